The molecule has 0 saturated carbocycles. The molecule has 0 spiro atoms. The summed E-state index contributed by atoms with van der Waals surface area (Å²) < 4.78 is 23.0. The van der Waals surface area contributed by atoms with Crippen LogP contribution in [-0.2, 0) is 38.1 Å². The SMILES string of the molecule is CC(=O)O[C@](/C=C/C=O)(CO)[C@@H]1C(C)=C(O)C(=O)C2=C(C)[C@@H](OC(=O)[C@H](O)[C@@H](NC(=O)OC(C)(C)C)c3ccccc3)C[C@@](O)([C@H]1OC(=O)c1ccccc1)C2(C)C. The molecule has 4 rings (SSSR count). The van der Waals surface area contributed by atoms with E-state index < -0.39 is 101 Å². The van der Waals surface area contributed by atoms with Gasteiger partial charge in [-0.05, 0) is 75.6 Å². The zero-order chi connectivity index (χ0) is 43.4. The zero-order valence-electron chi connectivity index (χ0n) is 33.7. The van der Waals surface area contributed by atoms with Crippen LogP contribution in [0.4, 0.5) is 4.79 Å². The molecule has 7 atom stereocenters. The first-order valence-electron chi connectivity index (χ1n) is 18.6. The Bertz CT molecular complexity index is 2000. The lowest BCUT2D eigenvalue weighted by Crippen LogP contribution is -2.68. The second-order valence-corrected chi connectivity index (χ2v) is 15.9. The van der Waals surface area contributed by atoms with Gasteiger partial charge in [0.1, 0.15) is 29.7 Å². The molecule has 0 aliphatic heterocycles. The number of allylic oxidation sites excluding steroid dienone is 2. The maximum Gasteiger partial charge on any atom is 0.408 e. The van der Waals surface area contributed by atoms with E-state index in [4.69, 9.17) is 18.9 Å². The van der Waals surface area contributed by atoms with Gasteiger partial charge in [0, 0.05) is 24.3 Å². The predicted octanol–water partition coefficient (Wildman–Crippen LogP) is 4.31. The molecule has 0 radical (unpaired) electrons. The van der Waals surface area contributed by atoms with E-state index in [-0.39, 0.29) is 22.3 Å². The number of aliphatic hydroxyl groups is 4. The number of amides is 1. The fourth-order valence-corrected chi connectivity index (χ4v) is 7.76. The summed E-state index contributed by atoms with van der Waals surface area (Å²) in [7, 11) is 0. The highest BCUT2D eigenvalue weighted by molar-refractivity contribution is 6.09. The average molecular weight is 806 g/mol. The van der Waals surface area contributed by atoms with Crippen LogP contribution in [0.3, 0.4) is 0 Å². The maximum atomic E-state index is 14.4. The van der Waals surface area contributed by atoms with Gasteiger partial charge in [0.25, 0.3) is 0 Å². The summed E-state index contributed by atoms with van der Waals surface area (Å²) in [4.78, 5) is 79.7. The number of aldehydes is 1. The second-order valence-electron chi connectivity index (χ2n) is 15.9. The van der Waals surface area contributed by atoms with E-state index in [0.717, 1.165) is 19.1 Å². The van der Waals surface area contributed by atoms with Gasteiger partial charge in [-0.1, -0.05) is 62.4 Å². The van der Waals surface area contributed by atoms with Crippen molar-refractivity contribution in [3.05, 3.63) is 106 Å². The van der Waals surface area contributed by atoms with E-state index in [1.165, 1.54) is 39.8 Å². The number of Topliss-reactive ketones (excluding diaryl/α,β-unsaturated/α-hetero) is 1. The quantitative estimate of drug-likeness (QED) is 0.0872. The third-order valence-electron chi connectivity index (χ3n) is 10.6. The molecule has 0 unspecified atom stereocenters. The van der Waals surface area contributed by atoms with Gasteiger partial charge in [-0.2, -0.15) is 0 Å². The second kappa shape index (κ2) is 17.5. The Kier molecular flexibility index (Phi) is 13.6. The standard InChI is InChI=1S/C43H51NO14/c1-24-29(55-38(52)35(50)32(27-16-11-9-12-17-27)44-39(53)58-40(4,5)6)22-43(54)36(56-37(51)28-18-13-10-14-19-28)31(42(23-46,20-15-21-45)57-26(3)47)25(2)33(48)34(49)30(24)41(43,7)8/h9-21,29,31-32,35-36,46,48,50,54H,22-23H2,1-8H3,(H,44,53)/b20-15+,33-25?/t29-,31+,32-,35+,36-,42+,43+/m0/s1. The summed E-state index contributed by atoms with van der Waals surface area (Å²) in [5, 5.41) is 50.0. The zero-order valence-corrected chi connectivity index (χ0v) is 33.7. The first-order valence-corrected chi connectivity index (χ1v) is 18.6. The minimum Gasteiger partial charge on any atom is -0.504 e. The van der Waals surface area contributed by atoms with E-state index in [1.807, 2.05) is 0 Å². The van der Waals surface area contributed by atoms with E-state index >= 15 is 0 Å². The first-order chi connectivity index (χ1) is 27.0. The van der Waals surface area contributed by atoms with Crippen molar-refractivity contribution in [1.29, 1.82) is 0 Å². The van der Waals surface area contributed by atoms with E-state index in [9.17, 15) is 49.2 Å². The molecule has 0 heterocycles. The molecule has 0 fully saturated rings. The number of hydrogen-bond donors (Lipinski definition) is 5. The van der Waals surface area contributed by atoms with Crippen LogP contribution >= 0.6 is 0 Å². The van der Waals surface area contributed by atoms with Gasteiger partial charge in [0.15, 0.2) is 17.5 Å². The summed E-state index contributed by atoms with van der Waals surface area (Å²) in [6.45, 7) is 10.3. The smallest absolute Gasteiger partial charge is 0.408 e. The topological polar surface area (TPSA) is 232 Å². The van der Waals surface area contributed by atoms with Gasteiger partial charge in [-0.15, -0.1) is 0 Å². The largest absolute Gasteiger partial charge is 0.504 e. The number of benzene rings is 2. The number of hydrogen-bond acceptors (Lipinski definition) is 14. The highest BCUT2D eigenvalue weighted by atomic mass is 16.6. The molecular weight excluding hydrogens is 754 g/mol. The number of alkyl carbamates (subject to hydrolysis) is 1. The van der Waals surface area contributed by atoms with Crippen molar-refractivity contribution in [3.63, 3.8) is 0 Å². The Morgan fingerprint density at radius 3 is 2.07 bits per heavy atom. The molecule has 2 bridgehead atoms. The molecule has 2 aromatic carbocycles. The average Bonchev–Trinajstić information content (AvgIpc) is 3.16. The van der Waals surface area contributed by atoms with Crippen LogP contribution in [-0.4, -0.2) is 98.2 Å². The monoisotopic (exact) mass is 805 g/mol. The molecule has 2 aliphatic rings. The normalized spacial score (nSPS) is 24.1. The number of esters is 3. The number of fused-ring (bicyclic) bond motifs is 2. The lowest BCUT2D eigenvalue weighted by molar-refractivity contribution is -0.209. The van der Waals surface area contributed by atoms with Crippen LogP contribution < -0.4 is 5.32 Å². The fourth-order valence-electron chi connectivity index (χ4n) is 7.76. The number of ketones is 1. The van der Waals surface area contributed by atoms with Crippen LogP contribution in [0.15, 0.2) is 95.3 Å². The number of aliphatic hydroxyl groups excluding tert-OH is 3. The van der Waals surface area contributed by atoms with Gasteiger partial charge in [-0.3, -0.25) is 14.4 Å². The maximum absolute atomic E-state index is 14.4. The van der Waals surface area contributed by atoms with Crippen molar-refractivity contribution >= 4 is 36.1 Å². The fraction of sp³-hybridized carbons (Fsp3) is 0.442. The van der Waals surface area contributed by atoms with Crippen LogP contribution in [0.2, 0.25) is 0 Å². The molecule has 2 aliphatic carbocycles. The van der Waals surface area contributed by atoms with Gasteiger partial charge in [-0.25, -0.2) is 14.4 Å². The summed E-state index contributed by atoms with van der Waals surface area (Å²) >= 11 is 0. The van der Waals surface area contributed by atoms with Crippen LogP contribution in [0, 0.1) is 11.3 Å². The number of nitrogens with one attached hydrogen (secondary N) is 1. The van der Waals surface area contributed by atoms with E-state index in [2.05, 4.69) is 5.32 Å². The first kappa shape index (κ1) is 45.1. The van der Waals surface area contributed by atoms with Crippen LogP contribution in [0.1, 0.15) is 83.8 Å². The summed E-state index contributed by atoms with van der Waals surface area (Å²) in [5.74, 6) is -7.05. The minimum atomic E-state index is -2.49. The Morgan fingerprint density at radius 1 is 0.948 bits per heavy atom. The van der Waals surface area contributed by atoms with Gasteiger partial charge < -0.3 is 44.7 Å². The molecule has 15 nitrogen and oxygen atoms in total. The molecule has 312 valence electrons. The summed E-state index contributed by atoms with van der Waals surface area (Å²) in [5.41, 5.74) is -7.71. The van der Waals surface area contributed by atoms with Gasteiger partial charge in [0.2, 0.25) is 5.78 Å². The number of rotatable bonds is 12. The Morgan fingerprint density at radius 2 is 1.53 bits per heavy atom. The minimum absolute atomic E-state index is 0.00969. The van der Waals surface area contributed by atoms with Crippen molar-refractivity contribution < 1.29 is 68.1 Å². The number of carbonyl (C=O) groups excluding carboxylic acids is 6. The molecular formula is C43H51NO14. The lowest BCUT2D eigenvalue weighted by atomic mass is 9.54. The van der Waals surface area contributed by atoms with Crippen molar-refractivity contribution in [2.24, 2.45) is 11.3 Å². The van der Waals surface area contributed by atoms with Gasteiger partial charge >= 0.3 is 24.0 Å². The van der Waals surface area contributed by atoms with Crippen molar-refractivity contribution in [1.82, 2.24) is 5.32 Å². The molecule has 5 N–H and O–H groups in total. The number of carbonyl (C=O) groups is 6. The molecule has 1 amide bonds. The highest BCUT2D eigenvalue weighted by Gasteiger charge is 2.66. The summed E-state index contributed by atoms with van der Waals surface area (Å²) in [6.07, 6.45) is -4.99. The highest BCUT2D eigenvalue weighted by Crippen LogP contribution is 2.56. The van der Waals surface area contributed by atoms with Gasteiger partial charge in [0.05, 0.1) is 24.1 Å². The van der Waals surface area contributed by atoms with Crippen LogP contribution in [0.5, 0.6) is 0 Å². The van der Waals surface area contributed by atoms with E-state index in [1.54, 1.807) is 69.3 Å². The van der Waals surface area contributed by atoms with Crippen LogP contribution in [0.25, 0.3) is 0 Å². The lowest BCUT2D eigenvalue weighted by Gasteiger charge is -2.56. The third-order valence-corrected chi connectivity index (χ3v) is 10.6. The molecule has 58 heavy (non-hydrogen) atoms. The van der Waals surface area contributed by atoms with E-state index in [0.29, 0.717) is 11.8 Å². The van der Waals surface area contributed by atoms with Crippen molar-refractivity contribution in [2.75, 3.05) is 6.61 Å². The molecule has 0 saturated heterocycles. The molecule has 2 aromatic rings. The number of ether oxygens (including phenoxy) is 4. The summed E-state index contributed by atoms with van der Waals surface area (Å²) in [6, 6.07) is 14.2. The predicted molar refractivity (Wildman–Crippen MR) is 207 cm³/mol. The van der Waals surface area contributed by atoms with Crippen molar-refractivity contribution in [3.8, 4) is 0 Å². The Labute approximate surface area is 336 Å². The molecule has 0 aromatic heterocycles. The van der Waals surface area contributed by atoms with Crippen molar-refractivity contribution in [2.45, 2.75) is 103 Å². The molecule has 15 heteroatoms. The Balaban J connectivity index is 1.94. The Hall–Kier alpha value is -5.64. The third kappa shape index (κ3) is 9.06.